The van der Waals surface area contributed by atoms with Gasteiger partial charge in [-0.25, -0.2) is 0 Å². The summed E-state index contributed by atoms with van der Waals surface area (Å²) in [5, 5.41) is 101. The zero-order chi connectivity index (χ0) is 31.3. The summed E-state index contributed by atoms with van der Waals surface area (Å²) in [5.41, 5.74) is -1.35. The predicted octanol–water partition coefficient (Wildman–Crippen LogP) is -1.69. The Kier molecular flexibility index (Phi) is 10.3. The summed E-state index contributed by atoms with van der Waals surface area (Å²) in [5.74, 6) is -3.33. The van der Waals surface area contributed by atoms with Gasteiger partial charge >= 0.3 is 0 Å². The number of hydrogen-bond acceptors (Lipinski definition) is 16. The van der Waals surface area contributed by atoms with Crippen molar-refractivity contribution in [3.05, 3.63) is 40.6 Å². The predicted molar refractivity (Wildman–Crippen MR) is 140 cm³/mol. The molecular weight excluding hydrogens is 693 g/mol. The van der Waals surface area contributed by atoms with Crippen LogP contribution in [-0.4, -0.2) is 119 Å². The average molecular weight is 723 g/mol. The molecule has 0 radical (unpaired) electrons. The first-order valence-corrected chi connectivity index (χ1v) is 13.0. The zero-order valence-electron chi connectivity index (χ0n) is 23.0. The molecule has 5 rings (SSSR count). The Hall–Kier alpha value is -2.79. The van der Waals surface area contributed by atoms with Gasteiger partial charge in [0.2, 0.25) is 17.5 Å². The first-order chi connectivity index (χ1) is 20.3. The molecule has 10 atom stereocenters. The largest absolute Gasteiger partial charge is 0.508 e. The minimum absolute atomic E-state index is 0. The number of rotatable bonds is 6. The minimum Gasteiger partial charge on any atom is -0.508 e. The van der Waals surface area contributed by atoms with Crippen LogP contribution in [0.5, 0.6) is 28.7 Å². The van der Waals surface area contributed by atoms with Crippen molar-refractivity contribution < 1.29 is 102 Å². The van der Waals surface area contributed by atoms with Crippen molar-refractivity contribution in [3.8, 4) is 40.1 Å². The van der Waals surface area contributed by atoms with Crippen molar-refractivity contribution in [1.82, 2.24) is 0 Å². The summed E-state index contributed by atoms with van der Waals surface area (Å²) in [6.45, 7) is 0.818. The van der Waals surface area contributed by atoms with E-state index in [0.717, 1.165) is 24.3 Å². The Morgan fingerprint density at radius 2 is 1.41 bits per heavy atom. The summed E-state index contributed by atoms with van der Waals surface area (Å²) in [7, 11) is 0. The Morgan fingerprint density at radius 1 is 0.750 bits per heavy atom. The molecule has 0 unspecified atom stereocenters. The van der Waals surface area contributed by atoms with E-state index < -0.39 is 113 Å². The van der Waals surface area contributed by atoms with E-state index in [-0.39, 0.29) is 38.4 Å². The summed E-state index contributed by atoms with van der Waals surface area (Å²) in [6, 6.07) is 5.24. The molecule has 2 aromatic carbocycles. The van der Waals surface area contributed by atoms with Gasteiger partial charge in [0.25, 0.3) is 0 Å². The van der Waals surface area contributed by atoms with Gasteiger partial charge in [-0.15, -0.1) is 0 Å². The Labute approximate surface area is 267 Å². The third kappa shape index (κ3) is 6.32. The number of aliphatic hydroxyl groups excluding tert-OH is 6. The van der Waals surface area contributed by atoms with Gasteiger partial charge in [0.1, 0.15) is 65.2 Å². The summed E-state index contributed by atoms with van der Waals surface area (Å²) in [6.07, 6.45) is -16.2. The molecule has 0 amide bonds. The maximum absolute atomic E-state index is 13.6. The zero-order valence-corrected chi connectivity index (χ0v) is 27.0. The smallest absolute Gasteiger partial charge is 0.239 e. The quantitative estimate of drug-likeness (QED) is 0.100. The van der Waals surface area contributed by atoms with Crippen LogP contribution in [0.2, 0.25) is 0 Å². The molecule has 16 nitrogen and oxygen atoms in total. The van der Waals surface area contributed by atoms with E-state index in [9.17, 15) is 55.9 Å². The number of aromatic hydroxyl groups is 4. The molecule has 2 aliphatic heterocycles. The standard InChI is InChI=1S/C27H30O16.Cd/c1-8-17(32)20(35)22(37)26(40-8)39-7-15-18(33)21(36)23(38)27(42-15)43-25-19(34)16-13(31)5-10(28)6-14(16)41-24(25)9-2-3-11(29)12(30)4-9;/h2-6,8,15,17-18,20-23,26-33,35-38H,7H2,1H3;/t8-,15+,17-,18+,20+,21-,22+,23+,26+,27-;/m0./s1. The van der Waals surface area contributed by atoms with Crippen LogP contribution in [-0.2, 0) is 41.5 Å². The number of hydrogen-bond donors (Lipinski definition) is 10. The number of ether oxygens (including phenoxy) is 4. The van der Waals surface area contributed by atoms with Crippen LogP contribution in [0, 0.1) is 0 Å². The van der Waals surface area contributed by atoms with Crippen molar-refractivity contribution in [2.75, 3.05) is 6.61 Å². The van der Waals surface area contributed by atoms with Gasteiger partial charge < -0.3 is 74.4 Å². The second kappa shape index (κ2) is 13.3. The molecule has 2 saturated heterocycles. The van der Waals surface area contributed by atoms with Crippen molar-refractivity contribution in [2.45, 2.75) is 68.3 Å². The fourth-order valence-corrected chi connectivity index (χ4v) is 4.84. The van der Waals surface area contributed by atoms with Gasteiger partial charge in [-0.05, 0) is 25.1 Å². The van der Waals surface area contributed by atoms with E-state index >= 15 is 0 Å². The molecule has 3 heterocycles. The van der Waals surface area contributed by atoms with Crippen molar-refractivity contribution in [3.63, 3.8) is 0 Å². The minimum atomic E-state index is -1.97. The molecule has 10 N–H and O–H groups in total. The van der Waals surface area contributed by atoms with E-state index in [4.69, 9.17) is 23.4 Å². The first kappa shape index (κ1) is 34.1. The number of phenolic OH excluding ortho intramolecular Hbond substituents is 4. The normalized spacial score (nSPS) is 32.2. The van der Waals surface area contributed by atoms with E-state index in [1.165, 1.54) is 13.0 Å². The Balaban J connectivity index is 0.00000442. The van der Waals surface area contributed by atoms with Crippen LogP contribution >= 0.6 is 0 Å². The van der Waals surface area contributed by atoms with Crippen molar-refractivity contribution >= 4 is 11.0 Å². The first-order valence-electron chi connectivity index (χ1n) is 13.0. The van der Waals surface area contributed by atoms with E-state index in [2.05, 4.69) is 0 Å². The van der Waals surface area contributed by atoms with Crippen LogP contribution in [0.15, 0.2) is 39.5 Å². The molecule has 0 spiro atoms. The van der Waals surface area contributed by atoms with E-state index in [1.807, 2.05) is 0 Å². The van der Waals surface area contributed by atoms with Gasteiger partial charge in [0.15, 0.2) is 23.5 Å². The maximum Gasteiger partial charge on any atom is 0.239 e. The molecular formula is C27H30CdO16. The molecule has 44 heavy (non-hydrogen) atoms. The van der Waals surface area contributed by atoms with Crippen LogP contribution < -0.4 is 10.2 Å². The Bertz CT molecular complexity index is 1550. The molecule has 0 saturated carbocycles. The van der Waals surface area contributed by atoms with Crippen LogP contribution in [0.3, 0.4) is 0 Å². The molecule has 0 aliphatic carbocycles. The van der Waals surface area contributed by atoms with Gasteiger partial charge in [-0.3, -0.25) is 4.79 Å². The second-order valence-electron chi connectivity index (χ2n) is 10.3. The van der Waals surface area contributed by atoms with Crippen LogP contribution in [0.1, 0.15) is 6.92 Å². The number of fused-ring (bicyclic) bond motifs is 1. The van der Waals surface area contributed by atoms with Crippen LogP contribution in [0.4, 0.5) is 0 Å². The molecule has 2 fully saturated rings. The summed E-state index contributed by atoms with van der Waals surface area (Å²) >= 11 is 0. The van der Waals surface area contributed by atoms with Gasteiger partial charge in [0.05, 0.1) is 12.7 Å². The number of phenols is 4. The van der Waals surface area contributed by atoms with Crippen molar-refractivity contribution in [1.29, 1.82) is 0 Å². The topological polar surface area (TPSA) is 269 Å². The fourth-order valence-electron chi connectivity index (χ4n) is 4.84. The maximum atomic E-state index is 13.6. The molecule has 17 heteroatoms. The number of benzene rings is 2. The SMILES string of the molecule is C[C@@H]1O[C@@H](OC[C@H]2O[C@@H](Oc3c(-c4ccc(O)c(O)c4)oc4cc(O)cc(O)c4c3=O)[C@H](O)[C@@H](O)[C@@H]2O)[C@H](O)[C@H](O)[C@H]1O.[Cd]. The van der Waals surface area contributed by atoms with Crippen molar-refractivity contribution in [2.24, 2.45) is 0 Å². The molecule has 2 aliphatic rings. The molecule has 236 valence electrons. The molecule has 1 aromatic heterocycles. The third-order valence-corrected chi connectivity index (χ3v) is 7.29. The van der Waals surface area contributed by atoms with E-state index in [1.54, 1.807) is 0 Å². The molecule has 0 bridgehead atoms. The summed E-state index contributed by atoms with van der Waals surface area (Å²) in [4.78, 5) is 13.6. The summed E-state index contributed by atoms with van der Waals surface area (Å²) < 4.78 is 27.8. The molecule has 3 aromatic rings. The third-order valence-electron chi connectivity index (χ3n) is 7.29. The number of aliphatic hydroxyl groups is 6. The average Bonchev–Trinajstić information content (AvgIpc) is 2.96. The van der Waals surface area contributed by atoms with Gasteiger partial charge in [-0.2, -0.15) is 0 Å². The second-order valence-corrected chi connectivity index (χ2v) is 10.3. The fraction of sp³-hybridized carbons (Fsp3) is 0.444. The monoisotopic (exact) mass is 724 g/mol. The Morgan fingerprint density at radius 3 is 2.09 bits per heavy atom. The van der Waals surface area contributed by atoms with E-state index in [0.29, 0.717) is 0 Å². The van der Waals surface area contributed by atoms with Crippen LogP contribution in [0.25, 0.3) is 22.3 Å². The van der Waals surface area contributed by atoms with Gasteiger partial charge in [-0.1, -0.05) is 0 Å². The van der Waals surface area contributed by atoms with Gasteiger partial charge in [0, 0.05) is 45.0 Å².